The lowest BCUT2D eigenvalue weighted by molar-refractivity contribution is -0.112. The molecule has 1 amide bonds. The molecule has 0 aliphatic carbocycles. The smallest absolute Gasteiger partial charge is 0.338 e. The van der Waals surface area contributed by atoms with Gasteiger partial charge in [-0.3, -0.25) is 4.79 Å². The molecule has 0 spiro atoms. The number of nitrogens with one attached hydrogen (secondary N) is 2. The zero-order chi connectivity index (χ0) is 21.4. The van der Waals surface area contributed by atoms with Gasteiger partial charge in [-0.05, 0) is 49.7 Å². The Labute approximate surface area is 173 Å². The molecule has 2 N–H and O–H groups in total. The SMILES string of the molecule is CCOC(=O)c1ccc(NC(=O)/C(C#N)=C\Nc2cc(C)c(Cl)cc2OC)cc1. The number of esters is 1. The zero-order valence-corrected chi connectivity index (χ0v) is 17.0. The van der Waals surface area contributed by atoms with E-state index in [1.54, 1.807) is 31.2 Å². The van der Waals surface area contributed by atoms with Crippen molar-refractivity contribution in [3.63, 3.8) is 0 Å². The van der Waals surface area contributed by atoms with E-state index in [1.807, 2.05) is 13.0 Å². The number of aryl methyl sites for hydroxylation is 1. The number of carbonyl (C=O) groups is 2. The van der Waals surface area contributed by atoms with Gasteiger partial charge in [0, 0.05) is 23.0 Å². The van der Waals surface area contributed by atoms with Gasteiger partial charge in [0.15, 0.2) is 0 Å². The van der Waals surface area contributed by atoms with Gasteiger partial charge in [0.1, 0.15) is 17.4 Å². The summed E-state index contributed by atoms with van der Waals surface area (Å²) >= 11 is 6.07. The molecule has 0 unspecified atom stereocenters. The standard InChI is InChI=1S/C21H20ClN3O4/c1-4-29-21(27)14-5-7-16(8-6-14)25-20(26)15(11-23)12-24-18-9-13(2)17(22)10-19(18)28-3/h5-10,12,24H,4H2,1-3H3,(H,25,26)/b15-12-. The molecule has 8 heteroatoms. The van der Waals surface area contributed by atoms with Gasteiger partial charge in [-0.2, -0.15) is 5.26 Å². The van der Waals surface area contributed by atoms with E-state index >= 15 is 0 Å². The van der Waals surface area contributed by atoms with Crippen LogP contribution in [0.2, 0.25) is 5.02 Å². The van der Waals surface area contributed by atoms with E-state index in [0.717, 1.165) is 5.56 Å². The van der Waals surface area contributed by atoms with Crippen LogP contribution in [0.25, 0.3) is 0 Å². The molecule has 29 heavy (non-hydrogen) atoms. The molecule has 0 fully saturated rings. The van der Waals surface area contributed by atoms with E-state index in [-0.39, 0.29) is 12.2 Å². The van der Waals surface area contributed by atoms with Crippen LogP contribution in [-0.4, -0.2) is 25.6 Å². The molecule has 0 bridgehead atoms. The van der Waals surface area contributed by atoms with Crippen LogP contribution >= 0.6 is 11.6 Å². The van der Waals surface area contributed by atoms with E-state index < -0.39 is 11.9 Å². The first-order valence-corrected chi connectivity index (χ1v) is 9.06. The molecular formula is C21H20ClN3O4. The molecule has 2 aromatic carbocycles. The number of ether oxygens (including phenoxy) is 2. The van der Waals surface area contributed by atoms with Crippen LogP contribution in [-0.2, 0) is 9.53 Å². The quantitative estimate of drug-likeness (QED) is 0.399. The van der Waals surface area contributed by atoms with Crippen molar-refractivity contribution < 1.29 is 19.1 Å². The Balaban J connectivity index is 2.12. The van der Waals surface area contributed by atoms with E-state index in [4.69, 9.17) is 21.1 Å². The summed E-state index contributed by atoms with van der Waals surface area (Å²) in [4.78, 5) is 24.0. The fraction of sp³-hybridized carbons (Fsp3) is 0.190. The maximum absolute atomic E-state index is 12.4. The van der Waals surface area contributed by atoms with Crippen LogP contribution < -0.4 is 15.4 Å². The van der Waals surface area contributed by atoms with Crippen LogP contribution in [0.3, 0.4) is 0 Å². The van der Waals surface area contributed by atoms with Gasteiger partial charge < -0.3 is 20.1 Å². The molecule has 0 radical (unpaired) electrons. The van der Waals surface area contributed by atoms with Crippen molar-refractivity contribution in [2.24, 2.45) is 0 Å². The Morgan fingerprint density at radius 1 is 1.24 bits per heavy atom. The van der Waals surface area contributed by atoms with Crippen molar-refractivity contribution in [1.29, 1.82) is 5.26 Å². The lowest BCUT2D eigenvalue weighted by atomic mass is 10.2. The predicted octanol–water partition coefficient (Wildman–Crippen LogP) is 4.29. The Hall–Kier alpha value is -3.50. The molecular weight excluding hydrogens is 394 g/mol. The summed E-state index contributed by atoms with van der Waals surface area (Å²) in [5.74, 6) is -0.572. The second-order valence-corrected chi connectivity index (χ2v) is 6.27. The van der Waals surface area contributed by atoms with Gasteiger partial charge in [-0.15, -0.1) is 0 Å². The van der Waals surface area contributed by atoms with Crippen molar-refractivity contribution in [2.75, 3.05) is 24.4 Å². The zero-order valence-electron chi connectivity index (χ0n) is 16.2. The summed E-state index contributed by atoms with van der Waals surface area (Å²) in [7, 11) is 1.49. The van der Waals surface area contributed by atoms with Gasteiger partial charge in [0.05, 0.1) is 25.0 Å². The summed E-state index contributed by atoms with van der Waals surface area (Å²) in [5, 5.41) is 15.4. The Morgan fingerprint density at radius 3 is 2.52 bits per heavy atom. The Bertz CT molecular complexity index is 979. The molecule has 2 rings (SSSR count). The van der Waals surface area contributed by atoms with Crippen LogP contribution in [0.4, 0.5) is 11.4 Å². The molecule has 0 saturated heterocycles. The van der Waals surface area contributed by atoms with Crippen LogP contribution in [0, 0.1) is 18.3 Å². The molecule has 0 atom stereocenters. The van der Waals surface area contributed by atoms with Crippen molar-refractivity contribution in [3.05, 3.63) is 64.3 Å². The Kier molecular flexibility index (Phi) is 7.63. The van der Waals surface area contributed by atoms with Gasteiger partial charge in [-0.25, -0.2) is 4.79 Å². The van der Waals surface area contributed by atoms with Crippen molar-refractivity contribution in [1.82, 2.24) is 0 Å². The number of nitrogens with zero attached hydrogens (tertiary/aromatic N) is 1. The molecule has 0 aromatic heterocycles. The first-order valence-electron chi connectivity index (χ1n) is 8.69. The average Bonchev–Trinajstić information content (AvgIpc) is 2.71. The second kappa shape index (κ2) is 10.2. The minimum Gasteiger partial charge on any atom is -0.495 e. The van der Waals surface area contributed by atoms with Crippen molar-refractivity contribution >= 4 is 34.9 Å². The number of halogens is 1. The number of hydrogen-bond donors (Lipinski definition) is 2. The van der Waals surface area contributed by atoms with Gasteiger partial charge >= 0.3 is 5.97 Å². The van der Waals surface area contributed by atoms with Crippen LogP contribution in [0.15, 0.2) is 48.2 Å². The molecule has 0 aliphatic rings. The number of methoxy groups -OCH3 is 1. The van der Waals surface area contributed by atoms with Gasteiger partial charge in [0.2, 0.25) is 0 Å². The third-order valence-corrected chi connectivity index (χ3v) is 4.28. The number of amides is 1. The molecule has 0 heterocycles. The third-order valence-electron chi connectivity index (χ3n) is 3.87. The summed E-state index contributed by atoms with van der Waals surface area (Å²) in [6, 6.07) is 11.4. The first-order chi connectivity index (χ1) is 13.9. The molecule has 7 nitrogen and oxygen atoms in total. The number of nitriles is 1. The predicted molar refractivity (Wildman–Crippen MR) is 111 cm³/mol. The summed E-state index contributed by atoms with van der Waals surface area (Å²) < 4.78 is 10.2. The molecule has 2 aromatic rings. The maximum Gasteiger partial charge on any atom is 0.338 e. The monoisotopic (exact) mass is 413 g/mol. The van der Waals surface area contributed by atoms with Gasteiger partial charge in [0.25, 0.3) is 5.91 Å². The largest absolute Gasteiger partial charge is 0.495 e. The van der Waals surface area contributed by atoms with E-state index in [2.05, 4.69) is 10.6 Å². The van der Waals surface area contributed by atoms with E-state index in [0.29, 0.717) is 27.7 Å². The highest BCUT2D eigenvalue weighted by molar-refractivity contribution is 6.31. The highest BCUT2D eigenvalue weighted by Gasteiger charge is 2.12. The van der Waals surface area contributed by atoms with Crippen LogP contribution in [0.5, 0.6) is 5.75 Å². The van der Waals surface area contributed by atoms with Crippen LogP contribution in [0.1, 0.15) is 22.8 Å². The first kappa shape index (κ1) is 21.8. The fourth-order valence-electron chi connectivity index (χ4n) is 2.35. The highest BCUT2D eigenvalue weighted by Crippen LogP contribution is 2.31. The molecule has 0 aliphatic heterocycles. The lowest BCUT2D eigenvalue weighted by Gasteiger charge is -2.11. The number of hydrogen-bond acceptors (Lipinski definition) is 6. The fourth-order valence-corrected chi connectivity index (χ4v) is 2.50. The van der Waals surface area contributed by atoms with E-state index in [9.17, 15) is 14.9 Å². The summed E-state index contributed by atoms with van der Waals surface area (Å²) in [5.41, 5.74) is 2.03. The minimum absolute atomic E-state index is 0.144. The molecule has 150 valence electrons. The number of rotatable bonds is 7. The highest BCUT2D eigenvalue weighted by atomic mass is 35.5. The normalized spacial score (nSPS) is 10.7. The minimum atomic E-state index is -0.603. The number of carbonyl (C=O) groups excluding carboxylic acids is 2. The van der Waals surface area contributed by atoms with Gasteiger partial charge in [-0.1, -0.05) is 11.6 Å². The second-order valence-electron chi connectivity index (χ2n) is 5.87. The summed E-state index contributed by atoms with van der Waals surface area (Å²) in [6.07, 6.45) is 1.29. The van der Waals surface area contributed by atoms with Crippen molar-refractivity contribution in [2.45, 2.75) is 13.8 Å². The topological polar surface area (TPSA) is 100 Å². The van der Waals surface area contributed by atoms with Crippen molar-refractivity contribution in [3.8, 4) is 11.8 Å². The number of anilines is 2. The number of benzene rings is 2. The third kappa shape index (κ3) is 5.74. The molecule has 0 saturated carbocycles. The Morgan fingerprint density at radius 2 is 1.93 bits per heavy atom. The lowest BCUT2D eigenvalue weighted by Crippen LogP contribution is -2.15. The average molecular weight is 414 g/mol. The van der Waals surface area contributed by atoms with E-state index in [1.165, 1.54) is 25.4 Å². The maximum atomic E-state index is 12.4. The summed E-state index contributed by atoms with van der Waals surface area (Å²) in [6.45, 7) is 3.82.